The Morgan fingerprint density at radius 1 is 1.19 bits per heavy atom. The third-order valence-corrected chi connectivity index (χ3v) is 7.56. The SMILES string of the molecule is C=CCn1c(CCCOc2cc(C(C)C)c(Br)cc2C)nnc1SCC(=O)Nc1c(C)cccc1C. The number of halogens is 1. The van der Waals surface area contributed by atoms with Gasteiger partial charge in [0.1, 0.15) is 11.6 Å². The highest BCUT2D eigenvalue weighted by Crippen LogP contribution is 2.32. The smallest absolute Gasteiger partial charge is 0.234 e. The van der Waals surface area contributed by atoms with E-state index in [1.807, 2.05) is 42.7 Å². The lowest BCUT2D eigenvalue weighted by atomic mass is 10.0. The van der Waals surface area contributed by atoms with E-state index in [2.05, 4.69) is 70.9 Å². The number of amides is 1. The van der Waals surface area contributed by atoms with Crippen LogP contribution in [0.2, 0.25) is 0 Å². The van der Waals surface area contributed by atoms with E-state index in [0.29, 0.717) is 24.2 Å². The van der Waals surface area contributed by atoms with Crippen molar-refractivity contribution >= 4 is 39.3 Å². The van der Waals surface area contributed by atoms with Crippen molar-refractivity contribution in [2.75, 3.05) is 17.7 Å². The van der Waals surface area contributed by atoms with Crippen LogP contribution in [0.3, 0.4) is 0 Å². The van der Waals surface area contributed by atoms with Crippen LogP contribution in [0.4, 0.5) is 5.69 Å². The number of aromatic nitrogens is 3. The molecule has 0 saturated heterocycles. The molecule has 3 aromatic rings. The van der Waals surface area contributed by atoms with E-state index in [0.717, 1.165) is 51.3 Å². The average molecular weight is 572 g/mol. The minimum absolute atomic E-state index is 0.0638. The fraction of sp³-hybridized carbons (Fsp3) is 0.393. The molecule has 8 heteroatoms. The van der Waals surface area contributed by atoms with Gasteiger partial charge in [0.2, 0.25) is 5.91 Å². The molecule has 1 N–H and O–H groups in total. The van der Waals surface area contributed by atoms with Crippen LogP contribution >= 0.6 is 27.7 Å². The van der Waals surface area contributed by atoms with E-state index in [-0.39, 0.29) is 11.7 Å². The normalized spacial score (nSPS) is 11.1. The van der Waals surface area contributed by atoms with Crippen molar-refractivity contribution in [2.45, 2.75) is 65.1 Å². The second-order valence-electron chi connectivity index (χ2n) is 9.15. The number of para-hydroxylation sites is 1. The zero-order valence-corrected chi connectivity index (χ0v) is 24.1. The molecule has 0 radical (unpaired) electrons. The number of hydrogen-bond donors (Lipinski definition) is 1. The number of nitrogens with zero attached hydrogens (tertiary/aromatic N) is 3. The van der Waals surface area contributed by atoms with Gasteiger partial charge in [-0.05, 0) is 67.5 Å². The molecule has 0 fully saturated rings. The van der Waals surface area contributed by atoms with Crippen molar-refractivity contribution in [3.05, 3.63) is 75.5 Å². The molecule has 3 rings (SSSR count). The molecule has 0 aliphatic carbocycles. The number of carbonyl (C=O) groups is 1. The van der Waals surface area contributed by atoms with Gasteiger partial charge in [0, 0.05) is 23.1 Å². The zero-order chi connectivity index (χ0) is 26.2. The van der Waals surface area contributed by atoms with Crippen molar-refractivity contribution in [3.63, 3.8) is 0 Å². The number of aryl methyl sites for hydroxylation is 4. The molecule has 6 nitrogen and oxygen atoms in total. The van der Waals surface area contributed by atoms with Gasteiger partial charge in [-0.15, -0.1) is 16.8 Å². The molecule has 192 valence electrons. The van der Waals surface area contributed by atoms with Gasteiger partial charge in [-0.2, -0.15) is 0 Å². The minimum atomic E-state index is -0.0638. The number of allylic oxidation sites excluding steroid dienone is 1. The summed E-state index contributed by atoms with van der Waals surface area (Å²) in [6, 6.07) is 10.2. The van der Waals surface area contributed by atoms with E-state index in [9.17, 15) is 4.79 Å². The number of thioether (sulfide) groups is 1. The van der Waals surface area contributed by atoms with Crippen LogP contribution in [0.5, 0.6) is 5.75 Å². The van der Waals surface area contributed by atoms with Gasteiger partial charge in [-0.3, -0.25) is 4.79 Å². The quantitative estimate of drug-likeness (QED) is 0.144. The summed E-state index contributed by atoms with van der Waals surface area (Å²) in [5, 5.41) is 12.5. The number of rotatable bonds is 12. The van der Waals surface area contributed by atoms with Crippen LogP contribution in [0.1, 0.15) is 54.3 Å². The molecule has 0 bridgehead atoms. The van der Waals surface area contributed by atoms with E-state index in [1.165, 1.54) is 17.3 Å². The summed E-state index contributed by atoms with van der Waals surface area (Å²) in [5.41, 5.74) is 5.32. The number of ether oxygens (including phenoxy) is 1. The van der Waals surface area contributed by atoms with Crippen molar-refractivity contribution in [1.82, 2.24) is 14.8 Å². The van der Waals surface area contributed by atoms with Crippen molar-refractivity contribution in [3.8, 4) is 5.75 Å². The molecule has 1 aromatic heterocycles. The Kier molecular flexibility index (Phi) is 10.2. The van der Waals surface area contributed by atoms with Crippen molar-refractivity contribution in [2.24, 2.45) is 0 Å². The average Bonchev–Trinajstić information content (AvgIpc) is 3.20. The largest absolute Gasteiger partial charge is 0.493 e. The predicted molar refractivity (Wildman–Crippen MR) is 152 cm³/mol. The molecule has 1 amide bonds. The summed E-state index contributed by atoms with van der Waals surface area (Å²) in [6.45, 7) is 15.4. The van der Waals surface area contributed by atoms with Crippen LogP contribution in [0.25, 0.3) is 0 Å². The lowest BCUT2D eigenvalue weighted by molar-refractivity contribution is -0.113. The Balaban J connectivity index is 1.57. The summed E-state index contributed by atoms with van der Waals surface area (Å²) >= 11 is 5.04. The Morgan fingerprint density at radius 2 is 1.92 bits per heavy atom. The summed E-state index contributed by atoms with van der Waals surface area (Å²) < 4.78 is 9.25. The number of hydrogen-bond acceptors (Lipinski definition) is 5. The first-order valence-electron chi connectivity index (χ1n) is 12.2. The fourth-order valence-electron chi connectivity index (χ4n) is 3.92. The van der Waals surface area contributed by atoms with Gasteiger partial charge >= 0.3 is 0 Å². The van der Waals surface area contributed by atoms with E-state index in [4.69, 9.17) is 4.74 Å². The third kappa shape index (κ3) is 7.23. The molecule has 36 heavy (non-hydrogen) atoms. The Bertz CT molecular complexity index is 1200. The highest BCUT2D eigenvalue weighted by atomic mass is 79.9. The predicted octanol–water partition coefficient (Wildman–Crippen LogP) is 7.02. The molecular formula is C28H35BrN4O2S. The first-order chi connectivity index (χ1) is 17.2. The molecular weight excluding hydrogens is 536 g/mol. The maximum atomic E-state index is 12.6. The molecule has 2 aromatic carbocycles. The molecule has 0 atom stereocenters. The summed E-state index contributed by atoms with van der Waals surface area (Å²) in [6.07, 6.45) is 3.35. The van der Waals surface area contributed by atoms with Crippen LogP contribution in [-0.4, -0.2) is 33.0 Å². The van der Waals surface area contributed by atoms with Crippen LogP contribution in [0, 0.1) is 20.8 Å². The van der Waals surface area contributed by atoms with Gasteiger partial charge in [0.05, 0.1) is 12.4 Å². The number of carbonyl (C=O) groups excluding carboxylic acids is 1. The first kappa shape index (κ1) is 28.0. The Labute approximate surface area is 227 Å². The number of anilines is 1. The zero-order valence-electron chi connectivity index (χ0n) is 21.7. The summed E-state index contributed by atoms with van der Waals surface area (Å²) in [5.74, 6) is 2.39. The van der Waals surface area contributed by atoms with Crippen molar-refractivity contribution < 1.29 is 9.53 Å². The van der Waals surface area contributed by atoms with E-state index >= 15 is 0 Å². The highest BCUT2D eigenvalue weighted by Gasteiger charge is 2.15. The fourth-order valence-corrected chi connectivity index (χ4v) is 5.60. The van der Waals surface area contributed by atoms with E-state index < -0.39 is 0 Å². The van der Waals surface area contributed by atoms with Crippen molar-refractivity contribution in [1.29, 1.82) is 0 Å². The highest BCUT2D eigenvalue weighted by molar-refractivity contribution is 9.10. The molecule has 0 unspecified atom stereocenters. The van der Waals surface area contributed by atoms with E-state index in [1.54, 1.807) is 0 Å². The monoisotopic (exact) mass is 570 g/mol. The molecule has 0 spiro atoms. The number of nitrogens with one attached hydrogen (secondary N) is 1. The third-order valence-electron chi connectivity index (χ3n) is 5.90. The topological polar surface area (TPSA) is 69.0 Å². The Morgan fingerprint density at radius 3 is 2.58 bits per heavy atom. The maximum Gasteiger partial charge on any atom is 0.234 e. The van der Waals surface area contributed by atoms with Gasteiger partial charge in [-0.1, -0.05) is 65.8 Å². The molecule has 0 aliphatic rings. The summed E-state index contributed by atoms with van der Waals surface area (Å²) in [7, 11) is 0. The van der Waals surface area contributed by atoms with Gasteiger partial charge in [0.25, 0.3) is 0 Å². The van der Waals surface area contributed by atoms with Crippen LogP contribution in [-0.2, 0) is 17.8 Å². The lowest BCUT2D eigenvalue weighted by Crippen LogP contribution is -2.16. The first-order valence-corrected chi connectivity index (χ1v) is 13.9. The summed E-state index contributed by atoms with van der Waals surface area (Å²) in [4.78, 5) is 12.6. The maximum absolute atomic E-state index is 12.6. The molecule has 1 heterocycles. The molecule has 0 saturated carbocycles. The van der Waals surface area contributed by atoms with Gasteiger partial charge < -0.3 is 14.6 Å². The number of benzene rings is 2. The Hall–Kier alpha value is -2.58. The minimum Gasteiger partial charge on any atom is -0.493 e. The second kappa shape index (κ2) is 13.1. The van der Waals surface area contributed by atoms with Crippen LogP contribution < -0.4 is 10.1 Å². The van der Waals surface area contributed by atoms with Gasteiger partial charge in [0.15, 0.2) is 5.16 Å². The lowest BCUT2D eigenvalue weighted by Gasteiger charge is -2.15. The van der Waals surface area contributed by atoms with Crippen LogP contribution in [0.15, 0.2) is 52.6 Å². The van der Waals surface area contributed by atoms with Gasteiger partial charge in [-0.25, -0.2) is 0 Å². The standard InChI is InChI=1S/C28H35BrN4O2S/c1-7-13-33-25(12-9-14-35-24-16-22(18(2)3)23(29)15-21(24)6)31-32-28(33)36-17-26(34)30-27-19(4)10-8-11-20(27)5/h7-8,10-11,15-16,18H,1,9,12-14,17H2,2-6H3,(H,30,34). The second-order valence-corrected chi connectivity index (χ2v) is 10.9. The molecule has 0 aliphatic heterocycles.